The molecule has 1 saturated heterocycles. The largest absolute Gasteiger partial charge is 0.416 e. The topological polar surface area (TPSA) is 58.2 Å². The predicted octanol–water partition coefficient (Wildman–Crippen LogP) is 1.71. The van der Waals surface area contributed by atoms with Crippen molar-refractivity contribution in [1.29, 1.82) is 0 Å². The Bertz CT molecular complexity index is 529. The Morgan fingerprint density at radius 3 is 2.75 bits per heavy atom. The molecule has 1 fully saturated rings. The van der Waals surface area contributed by atoms with Gasteiger partial charge in [0.2, 0.25) is 5.91 Å². The van der Waals surface area contributed by atoms with E-state index in [4.69, 9.17) is 0 Å². The van der Waals surface area contributed by atoms with Crippen molar-refractivity contribution in [3.05, 3.63) is 35.4 Å². The van der Waals surface area contributed by atoms with Crippen molar-refractivity contribution in [3.63, 3.8) is 0 Å². The molecule has 1 heterocycles. The maximum atomic E-state index is 12.6. The van der Waals surface area contributed by atoms with Crippen LogP contribution in [0.2, 0.25) is 0 Å². The second-order valence-electron chi connectivity index (χ2n) is 4.54. The number of piperidine rings is 1. The van der Waals surface area contributed by atoms with E-state index in [1.165, 1.54) is 12.1 Å². The van der Waals surface area contributed by atoms with Gasteiger partial charge in [0.25, 0.3) is 5.91 Å². The Morgan fingerprint density at radius 1 is 1.35 bits per heavy atom. The van der Waals surface area contributed by atoms with E-state index in [9.17, 15) is 22.8 Å². The summed E-state index contributed by atoms with van der Waals surface area (Å²) in [4.78, 5) is 23.4. The lowest BCUT2D eigenvalue weighted by Gasteiger charge is -2.22. The summed E-state index contributed by atoms with van der Waals surface area (Å²) in [5.74, 6) is -0.991. The Kier molecular flexibility index (Phi) is 3.96. The molecule has 2 N–H and O–H groups in total. The number of amides is 2. The van der Waals surface area contributed by atoms with Crippen LogP contribution in [0, 0.1) is 0 Å². The molecule has 1 aliphatic rings. The maximum Gasteiger partial charge on any atom is 0.416 e. The lowest BCUT2D eigenvalue weighted by atomic mass is 10.1. The van der Waals surface area contributed by atoms with Crippen LogP contribution in [0.25, 0.3) is 0 Å². The molecule has 20 heavy (non-hydrogen) atoms. The molecule has 108 valence electrons. The van der Waals surface area contributed by atoms with Crippen molar-refractivity contribution in [2.75, 3.05) is 6.54 Å². The molecule has 2 amide bonds. The van der Waals surface area contributed by atoms with Crippen molar-refractivity contribution in [2.45, 2.75) is 25.1 Å². The van der Waals surface area contributed by atoms with Gasteiger partial charge in [-0.1, -0.05) is 6.07 Å². The van der Waals surface area contributed by atoms with E-state index in [0.717, 1.165) is 18.6 Å². The average Bonchev–Trinajstić information content (AvgIpc) is 2.40. The minimum Gasteiger partial charge on any atom is -0.354 e. The zero-order valence-corrected chi connectivity index (χ0v) is 10.5. The highest BCUT2D eigenvalue weighted by Crippen LogP contribution is 2.29. The summed E-state index contributed by atoms with van der Waals surface area (Å²) in [5, 5.41) is 5.04. The maximum absolute atomic E-state index is 12.6. The Labute approximate surface area is 113 Å². The molecule has 0 spiro atoms. The molecule has 1 aromatic carbocycles. The van der Waals surface area contributed by atoms with Gasteiger partial charge in [-0.15, -0.1) is 0 Å². The number of hydrogen-bond acceptors (Lipinski definition) is 2. The summed E-state index contributed by atoms with van der Waals surface area (Å²) in [7, 11) is 0. The van der Waals surface area contributed by atoms with Crippen LogP contribution in [0.1, 0.15) is 28.8 Å². The molecule has 0 saturated carbocycles. The van der Waals surface area contributed by atoms with E-state index in [1.807, 2.05) is 0 Å². The normalized spacial score (nSPS) is 19.4. The molecule has 7 heteroatoms. The standard InChI is InChI=1S/C13H13F3N2O2/c14-13(15,16)9-4-1-3-8(7-9)11(19)18-10-5-2-6-17-12(10)20/h1,3-4,7,10H,2,5-6H2,(H,17,20)(H,18,19). The highest BCUT2D eigenvalue weighted by molar-refractivity contribution is 5.97. The fourth-order valence-electron chi connectivity index (χ4n) is 1.99. The summed E-state index contributed by atoms with van der Waals surface area (Å²) in [6.45, 7) is 0.550. The fraction of sp³-hybridized carbons (Fsp3) is 0.385. The Morgan fingerprint density at radius 2 is 2.10 bits per heavy atom. The SMILES string of the molecule is O=C(NC1CCCNC1=O)c1cccc(C(F)(F)F)c1. The van der Waals surface area contributed by atoms with Gasteiger partial charge in [-0.2, -0.15) is 13.2 Å². The van der Waals surface area contributed by atoms with Crippen LogP contribution in [0.4, 0.5) is 13.2 Å². The van der Waals surface area contributed by atoms with Crippen LogP contribution in [0.5, 0.6) is 0 Å². The van der Waals surface area contributed by atoms with Crippen LogP contribution in [-0.4, -0.2) is 24.4 Å². The van der Waals surface area contributed by atoms with E-state index >= 15 is 0 Å². The summed E-state index contributed by atoms with van der Waals surface area (Å²) < 4.78 is 37.7. The predicted molar refractivity (Wildman–Crippen MR) is 64.9 cm³/mol. The molecule has 0 bridgehead atoms. The Balaban J connectivity index is 2.11. The summed E-state index contributed by atoms with van der Waals surface area (Å²) >= 11 is 0. The van der Waals surface area contributed by atoms with E-state index in [0.29, 0.717) is 13.0 Å². The lowest BCUT2D eigenvalue weighted by Crippen LogP contribution is -2.50. The van der Waals surface area contributed by atoms with Crippen LogP contribution in [0.3, 0.4) is 0 Å². The second-order valence-corrected chi connectivity index (χ2v) is 4.54. The highest BCUT2D eigenvalue weighted by Gasteiger charge is 2.31. The first-order chi connectivity index (χ1) is 9.38. The number of halogens is 3. The molecule has 1 atom stereocenters. The number of rotatable bonds is 2. The van der Waals surface area contributed by atoms with Gasteiger partial charge < -0.3 is 10.6 Å². The van der Waals surface area contributed by atoms with Crippen LogP contribution >= 0.6 is 0 Å². The third kappa shape index (κ3) is 3.28. The molecule has 0 radical (unpaired) electrons. The van der Waals surface area contributed by atoms with E-state index in [-0.39, 0.29) is 11.5 Å². The quantitative estimate of drug-likeness (QED) is 0.869. The third-order valence-electron chi connectivity index (χ3n) is 3.04. The minimum absolute atomic E-state index is 0.113. The summed E-state index contributed by atoms with van der Waals surface area (Å²) in [5.41, 5.74) is -1.00. The molecular formula is C13H13F3N2O2. The zero-order valence-electron chi connectivity index (χ0n) is 10.5. The van der Waals surface area contributed by atoms with Gasteiger partial charge in [0.05, 0.1) is 5.56 Å². The number of alkyl halides is 3. The molecule has 1 aromatic rings. The Hall–Kier alpha value is -2.05. The fourth-order valence-corrected chi connectivity index (χ4v) is 1.99. The van der Waals surface area contributed by atoms with Gasteiger partial charge in [0.15, 0.2) is 0 Å². The summed E-state index contributed by atoms with van der Waals surface area (Å²) in [6, 6.07) is 3.43. The molecule has 0 aliphatic carbocycles. The first-order valence-corrected chi connectivity index (χ1v) is 6.14. The number of nitrogens with one attached hydrogen (secondary N) is 2. The average molecular weight is 286 g/mol. The van der Waals surface area contributed by atoms with Crippen molar-refractivity contribution in [3.8, 4) is 0 Å². The van der Waals surface area contributed by atoms with Gasteiger partial charge in [-0.3, -0.25) is 9.59 Å². The van der Waals surface area contributed by atoms with Crippen molar-refractivity contribution >= 4 is 11.8 Å². The number of carbonyl (C=O) groups excluding carboxylic acids is 2. The first kappa shape index (κ1) is 14.4. The molecule has 2 rings (SSSR count). The van der Waals surface area contributed by atoms with E-state index in [1.54, 1.807) is 0 Å². The van der Waals surface area contributed by atoms with Gasteiger partial charge in [0.1, 0.15) is 6.04 Å². The van der Waals surface area contributed by atoms with Crippen molar-refractivity contribution < 1.29 is 22.8 Å². The molecule has 0 aromatic heterocycles. The van der Waals surface area contributed by atoms with Gasteiger partial charge in [-0.05, 0) is 31.0 Å². The van der Waals surface area contributed by atoms with Gasteiger partial charge in [-0.25, -0.2) is 0 Å². The number of carbonyl (C=O) groups is 2. The molecule has 4 nitrogen and oxygen atoms in total. The monoisotopic (exact) mass is 286 g/mol. The van der Waals surface area contributed by atoms with E-state index < -0.39 is 23.7 Å². The third-order valence-corrected chi connectivity index (χ3v) is 3.04. The number of benzene rings is 1. The molecular weight excluding hydrogens is 273 g/mol. The number of hydrogen-bond donors (Lipinski definition) is 2. The minimum atomic E-state index is -4.50. The van der Waals surface area contributed by atoms with Gasteiger partial charge in [0, 0.05) is 12.1 Å². The smallest absolute Gasteiger partial charge is 0.354 e. The summed E-state index contributed by atoms with van der Waals surface area (Å²) in [6.07, 6.45) is -3.30. The zero-order chi connectivity index (χ0) is 14.8. The van der Waals surface area contributed by atoms with Gasteiger partial charge >= 0.3 is 6.18 Å². The van der Waals surface area contributed by atoms with Crippen molar-refractivity contribution in [1.82, 2.24) is 10.6 Å². The van der Waals surface area contributed by atoms with Crippen LogP contribution in [0.15, 0.2) is 24.3 Å². The second kappa shape index (κ2) is 5.52. The lowest BCUT2D eigenvalue weighted by molar-refractivity contribution is -0.137. The molecule has 1 unspecified atom stereocenters. The first-order valence-electron chi connectivity index (χ1n) is 6.14. The van der Waals surface area contributed by atoms with Crippen LogP contribution in [-0.2, 0) is 11.0 Å². The highest BCUT2D eigenvalue weighted by atomic mass is 19.4. The van der Waals surface area contributed by atoms with Crippen molar-refractivity contribution in [2.24, 2.45) is 0 Å². The van der Waals surface area contributed by atoms with E-state index in [2.05, 4.69) is 10.6 Å². The molecule has 1 aliphatic heterocycles. The van der Waals surface area contributed by atoms with Crippen LogP contribution < -0.4 is 10.6 Å².